The van der Waals surface area contributed by atoms with Crippen molar-refractivity contribution in [3.8, 4) is 0 Å². The molecule has 1 saturated heterocycles. The van der Waals surface area contributed by atoms with Gasteiger partial charge in [0.05, 0.1) is 18.8 Å². The minimum absolute atomic E-state index is 0.0143. The first-order valence-corrected chi connectivity index (χ1v) is 9.59. The zero-order valence-corrected chi connectivity index (χ0v) is 16.6. The van der Waals surface area contributed by atoms with Crippen molar-refractivity contribution in [2.24, 2.45) is 0 Å². The Morgan fingerprint density at radius 2 is 1.60 bits per heavy atom. The summed E-state index contributed by atoms with van der Waals surface area (Å²) >= 11 is 3.43. The first-order valence-electron chi connectivity index (χ1n) is 8.80. The third kappa shape index (κ3) is 6.09. The van der Waals surface area contributed by atoms with E-state index in [1.807, 2.05) is 43.0 Å². The summed E-state index contributed by atoms with van der Waals surface area (Å²) in [6, 6.07) is 7.59. The van der Waals surface area contributed by atoms with Gasteiger partial charge in [-0.1, -0.05) is 12.1 Å². The quantitative estimate of drug-likeness (QED) is 0.745. The highest BCUT2D eigenvalue weighted by Gasteiger charge is 2.22. The number of nitrogens with one attached hydrogen (secondary N) is 1. The highest BCUT2D eigenvalue weighted by Crippen LogP contribution is 2.21. The van der Waals surface area contributed by atoms with Gasteiger partial charge in [0, 0.05) is 43.7 Å². The predicted octanol–water partition coefficient (Wildman–Crippen LogP) is 1.87. The molecule has 1 fully saturated rings. The molecule has 7 heteroatoms. The normalized spacial score (nSPS) is 15.8. The summed E-state index contributed by atoms with van der Waals surface area (Å²) in [6.07, 6.45) is 0. The van der Waals surface area contributed by atoms with Crippen molar-refractivity contribution in [1.29, 1.82) is 0 Å². The Morgan fingerprint density at radius 3 is 2.16 bits per heavy atom. The molecule has 1 heterocycles. The monoisotopic (exact) mass is 410 g/mol. The van der Waals surface area contributed by atoms with Gasteiger partial charge >= 0.3 is 0 Å². The summed E-state index contributed by atoms with van der Waals surface area (Å²) in [7, 11) is 0. The molecule has 1 aromatic carbocycles. The lowest BCUT2D eigenvalue weighted by Crippen LogP contribution is -2.51. The van der Waals surface area contributed by atoms with E-state index in [1.54, 1.807) is 0 Å². The van der Waals surface area contributed by atoms with Crippen molar-refractivity contribution in [1.82, 2.24) is 14.7 Å². The Labute approximate surface area is 158 Å². The first-order chi connectivity index (χ1) is 12.0. The minimum atomic E-state index is -0.0143. The maximum atomic E-state index is 12.2. The van der Waals surface area contributed by atoms with E-state index in [9.17, 15) is 9.59 Å². The fraction of sp³-hybridized carbons (Fsp3) is 0.556. The number of rotatable bonds is 7. The van der Waals surface area contributed by atoms with E-state index in [0.29, 0.717) is 13.1 Å². The Bertz CT molecular complexity index is 584. The molecule has 0 bridgehead atoms. The molecule has 2 rings (SSSR count). The summed E-state index contributed by atoms with van der Waals surface area (Å²) < 4.78 is 0.878. The number of halogens is 1. The minimum Gasteiger partial charge on any atom is -0.342 e. The number of hydrogen-bond donors (Lipinski definition) is 1. The second-order valence-corrected chi connectivity index (χ2v) is 7.00. The van der Waals surface area contributed by atoms with Crippen LogP contribution in [0, 0.1) is 0 Å². The maximum Gasteiger partial charge on any atom is 0.238 e. The zero-order chi connectivity index (χ0) is 18.2. The molecule has 0 saturated carbocycles. The largest absolute Gasteiger partial charge is 0.342 e. The summed E-state index contributed by atoms with van der Waals surface area (Å²) in [5.41, 5.74) is 0.788. The van der Waals surface area contributed by atoms with Gasteiger partial charge in [0.1, 0.15) is 0 Å². The van der Waals surface area contributed by atoms with Crippen LogP contribution in [0.2, 0.25) is 0 Å². The summed E-state index contributed by atoms with van der Waals surface area (Å²) in [5.74, 6) is 0.171. The fourth-order valence-electron chi connectivity index (χ4n) is 2.93. The van der Waals surface area contributed by atoms with Crippen molar-refractivity contribution >= 4 is 33.4 Å². The third-order valence-corrected chi connectivity index (χ3v) is 5.15. The van der Waals surface area contributed by atoms with Crippen molar-refractivity contribution in [2.75, 3.05) is 57.7 Å². The molecule has 1 aliphatic heterocycles. The summed E-state index contributed by atoms with van der Waals surface area (Å²) in [5, 5.41) is 2.93. The van der Waals surface area contributed by atoms with Crippen LogP contribution in [-0.4, -0.2) is 78.9 Å². The van der Waals surface area contributed by atoms with Crippen LogP contribution < -0.4 is 5.32 Å². The van der Waals surface area contributed by atoms with E-state index in [4.69, 9.17) is 0 Å². The fourth-order valence-corrected chi connectivity index (χ4v) is 3.31. The van der Waals surface area contributed by atoms with Crippen molar-refractivity contribution in [3.63, 3.8) is 0 Å². The van der Waals surface area contributed by atoms with Crippen LogP contribution in [0.3, 0.4) is 0 Å². The van der Waals surface area contributed by atoms with Gasteiger partial charge in [-0.15, -0.1) is 0 Å². The van der Waals surface area contributed by atoms with Crippen molar-refractivity contribution < 1.29 is 9.59 Å². The molecule has 0 radical (unpaired) electrons. The number of benzene rings is 1. The zero-order valence-electron chi connectivity index (χ0n) is 15.0. The molecule has 0 unspecified atom stereocenters. The van der Waals surface area contributed by atoms with Gasteiger partial charge in [-0.2, -0.15) is 0 Å². The van der Waals surface area contributed by atoms with Crippen LogP contribution in [0.15, 0.2) is 28.7 Å². The third-order valence-electron chi connectivity index (χ3n) is 4.46. The Hall–Kier alpha value is -1.44. The molecule has 0 spiro atoms. The van der Waals surface area contributed by atoms with Crippen molar-refractivity contribution in [3.05, 3.63) is 28.7 Å². The maximum absolute atomic E-state index is 12.2. The van der Waals surface area contributed by atoms with E-state index in [2.05, 4.69) is 31.0 Å². The van der Waals surface area contributed by atoms with Gasteiger partial charge in [0.25, 0.3) is 0 Å². The number of piperazine rings is 1. The van der Waals surface area contributed by atoms with Crippen LogP contribution in [-0.2, 0) is 9.59 Å². The van der Waals surface area contributed by atoms with E-state index < -0.39 is 0 Å². The van der Waals surface area contributed by atoms with Crippen molar-refractivity contribution in [2.45, 2.75) is 13.8 Å². The van der Waals surface area contributed by atoms with Gasteiger partial charge in [0.15, 0.2) is 0 Å². The molecule has 0 aliphatic carbocycles. The Morgan fingerprint density at radius 1 is 1.04 bits per heavy atom. The highest BCUT2D eigenvalue weighted by atomic mass is 79.9. The van der Waals surface area contributed by atoms with E-state index in [1.165, 1.54) is 0 Å². The van der Waals surface area contributed by atoms with Crippen LogP contribution in [0.4, 0.5) is 5.69 Å². The smallest absolute Gasteiger partial charge is 0.238 e. The molecule has 25 heavy (non-hydrogen) atoms. The molecule has 1 aromatic rings. The van der Waals surface area contributed by atoms with Crippen LogP contribution in [0.1, 0.15) is 13.8 Å². The number of likely N-dealkylation sites (N-methyl/N-ethyl adjacent to an activating group) is 1. The molecule has 0 aromatic heterocycles. The summed E-state index contributed by atoms with van der Waals surface area (Å²) in [6.45, 7) is 9.59. The molecular weight excluding hydrogens is 384 g/mol. The van der Waals surface area contributed by atoms with Crippen LogP contribution in [0.25, 0.3) is 0 Å². The number of nitrogens with zero attached hydrogens (tertiary/aromatic N) is 3. The van der Waals surface area contributed by atoms with Crippen LogP contribution >= 0.6 is 15.9 Å². The van der Waals surface area contributed by atoms with E-state index in [-0.39, 0.29) is 11.8 Å². The number of hydrogen-bond acceptors (Lipinski definition) is 4. The predicted molar refractivity (Wildman–Crippen MR) is 104 cm³/mol. The first kappa shape index (κ1) is 19.9. The lowest BCUT2D eigenvalue weighted by atomic mass is 10.3. The molecule has 0 atom stereocenters. The number of anilines is 1. The molecule has 1 N–H and O–H groups in total. The number of para-hydroxylation sites is 1. The standard InChI is InChI=1S/C18H27BrN4O2/c1-3-23(4-2)18(25)14-22-11-9-21(10-12-22)13-17(24)20-16-8-6-5-7-15(16)19/h5-8H,3-4,9-14H2,1-2H3,(H,20,24). The number of carbonyl (C=O) groups excluding carboxylic acids is 2. The Balaban J connectivity index is 1.74. The second kappa shape index (κ2) is 9.89. The van der Waals surface area contributed by atoms with Gasteiger partial charge in [-0.05, 0) is 41.9 Å². The molecule has 2 amide bonds. The molecular formula is C18H27BrN4O2. The second-order valence-electron chi connectivity index (χ2n) is 6.15. The number of carbonyl (C=O) groups is 2. The lowest BCUT2D eigenvalue weighted by molar-refractivity contribution is -0.132. The highest BCUT2D eigenvalue weighted by molar-refractivity contribution is 9.10. The van der Waals surface area contributed by atoms with Gasteiger partial charge < -0.3 is 10.2 Å². The van der Waals surface area contributed by atoms with Gasteiger partial charge in [-0.25, -0.2) is 0 Å². The summed E-state index contributed by atoms with van der Waals surface area (Å²) in [4.78, 5) is 30.5. The topological polar surface area (TPSA) is 55.9 Å². The lowest BCUT2D eigenvalue weighted by Gasteiger charge is -2.34. The molecule has 138 valence electrons. The SMILES string of the molecule is CCN(CC)C(=O)CN1CCN(CC(=O)Nc2ccccc2Br)CC1. The van der Waals surface area contributed by atoms with E-state index in [0.717, 1.165) is 49.4 Å². The van der Waals surface area contributed by atoms with Gasteiger partial charge in [-0.3, -0.25) is 19.4 Å². The average molecular weight is 411 g/mol. The van der Waals surface area contributed by atoms with E-state index >= 15 is 0 Å². The van der Waals surface area contributed by atoms with Gasteiger partial charge in [0.2, 0.25) is 11.8 Å². The molecule has 6 nitrogen and oxygen atoms in total. The Kier molecular flexibility index (Phi) is 7.87. The number of amides is 2. The van der Waals surface area contributed by atoms with Crippen LogP contribution in [0.5, 0.6) is 0 Å². The average Bonchev–Trinajstić information content (AvgIpc) is 2.60. The molecule has 1 aliphatic rings.